The van der Waals surface area contributed by atoms with Crippen molar-refractivity contribution in [3.05, 3.63) is 96.1 Å². The van der Waals surface area contributed by atoms with Gasteiger partial charge in [0.15, 0.2) is 17.2 Å². The monoisotopic (exact) mass is 474 g/mol. The number of para-hydroxylation sites is 1. The maximum atomic E-state index is 13.1. The van der Waals surface area contributed by atoms with Crippen LogP contribution in [-0.4, -0.2) is 35.8 Å². The molecule has 0 aliphatic rings. The molecule has 3 aromatic carbocycles. The van der Waals surface area contributed by atoms with Crippen LogP contribution in [0.5, 0.6) is 11.5 Å². The number of hydrogen-bond donors (Lipinski definition) is 2. The van der Waals surface area contributed by atoms with Gasteiger partial charge < -0.3 is 9.47 Å². The summed E-state index contributed by atoms with van der Waals surface area (Å²) in [4.78, 5) is 25.3. The standard InChI is InChI=1S/C26H23FN4O4/c1-34-22-13-10-18(15-23(22)35-2)21-16-31(20-6-4-3-5-7-20)30-25(21)26(33)29-28-24(32)14-17-8-11-19(27)12-9-17/h3-13,15-16H,14H2,1-2H3,(H,28,32)(H,29,33). The van der Waals surface area contributed by atoms with Crippen LogP contribution in [0.1, 0.15) is 16.1 Å². The molecule has 2 amide bonds. The molecule has 4 rings (SSSR count). The number of ether oxygens (including phenoxy) is 2. The van der Waals surface area contributed by atoms with E-state index in [1.807, 2.05) is 30.3 Å². The number of hydrogen-bond acceptors (Lipinski definition) is 5. The van der Waals surface area contributed by atoms with Gasteiger partial charge in [-0.25, -0.2) is 9.07 Å². The minimum absolute atomic E-state index is 0.0262. The molecule has 1 aromatic heterocycles. The number of halogens is 1. The van der Waals surface area contributed by atoms with Crippen LogP contribution in [0.4, 0.5) is 4.39 Å². The number of hydrazine groups is 1. The van der Waals surface area contributed by atoms with E-state index in [2.05, 4.69) is 16.0 Å². The maximum Gasteiger partial charge on any atom is 0.290 e. The zero-order chi connectivity index (χ0) is 24.8. The molecule has 0 fully saturated rings. The molecule has 2 N–H and O–H groups in total. The number of nitrogens with zero attached hydrogens (tertiary/aromatic N) is 2. The van der Waals surface area contributed by atoms with Crippen molar-refractivity contribution in [3.8, 4) is 28.3 Å². The van der Waals surface area contributed by atoms with Crippen molar-refractivity contribution in [1.82, 2.24) is 20.6 Å². The number of amides is 2. The van der Waals surface area contributed by atoms with Crippen LogP contribution >= 0.6 is 0 Å². The Balaban J connectivity index is 1.60. The summed E-state index contributed by atoms with van der Waals surface area (Å²) >= 11 is 0. The lowest BCUT2D eigenvalue weighted by Crippen LogP contribution is -2.42. The van der Waals surface area contributed by atoms with Crippen LogP contribution in [-0.2, 0) is 11.2 Å². The third kappa shape index (κ3) is 5.47. The zero-order valence-electron chi connectivity index (χ0n) is 19.1. The van der Waals surface area contributed by atoms with E-state index in [1.165, 1.54) is 31.4 Å². The van der Waals surface area contributed by atoms with Crippen molar-refractivity contribution in [2.24, 2.45) is 0 Å². The van der Waals surface area contributed by atoms with Gasteiger partial charge in [-0.15, -0.1) is 0 Å². The predicted octanol–water partition coefficient (Wildman–Crippen LogP) is 3.70. The lowest BCUT2D eigenvalue weighted by Gasteiger charge is -2.10. The Morgan fingerprint density at radius 3 is 2.31 bits per heavy atom. The van der Waals surface area contributed by atoms with Crippen LogP contribution in [0.25, 0.3) is 16.8 Å². The van der Waals surface area contributed by atoms with Crippen LogP contribution in [0.15, 0.2) is 79.0 Å². The highest BCUT2D eigenvalue weighted by molar-refractivity contribution is 6.00. The molecule has 0 aliphatic carbocycles. The van der Waals surface area contributed by atoms with Gasteiger partial charge in [0.05, 0.1) is 26.3 Å². The van der Waals surface area contributed by atoms with E-state index in [0.29, 0.717) is 28.2 Å². The summed E-state index contributed by atoms with van der Waals surface area (Å²) in [5, 5.41) is 4.47. The molecule has 0 saturated heterocycles. The van der Waals surface area contributed by atoms with Crippen molar-refractivity contribution in [1.29, 1.82) is 0 Å². The highest BCUT2D eigenvalue weighted by Crippen LogP contribution is 2.34. The Morgan fingerprint density at radius 1 is 0.914 bits per heavy atom. The number of aromatic nitrogens is 2. The third-order valence-electron chi connectivity index (χ3n) is 5.24. The molecular formula is C26H23FN4O4. The van der Waals surface area contributed by atoms with Crippen molar-refractivity contribution in [3.63, 3.8) is 0 Å². The molecule has 178 valence electrons. The topological polar surface area (TPSA) is 94.5 Å². The van der Waals surface area contributed by atoms with Gasteiger partial charge in [-0.05, 0) is 47.5 Å². The van der Waals surface area contributed by atoms with Gasteiger partial charge in [0.1, 0.15) is 5.82 Å². The molecule has 9 heteroatoms. The summed E-state index contributed by atoms with van der Waals surface area (Å²) in [6.07, 6.45) is 1.70. The molecule has 0 spiro atoms. The SMILES string of the molecule is COc1ccc(-c2cn(-c3ccccc3)nc2C(=O)NNC(=O)Cc2ccc(F)cc2)cc1OC. The van der Waals surface area contributed by atoms with Crippen LogP contribution in [0.2, 0.25) is 0 Å². The molecule has 1 heterocycles. The van der Waals surface area contributed by atoms with Gasteiger partial charge in [0, 0.05) is 11.8 Å². The van der Waals surface area contributed by atoms with E-state index in [0.717, 1.165) is 5.69 Å². The summed E-state index contributed by atoms with van der Waals surface area (Å²) in [5.41, 5.74) is 7.47. The van der Waals surface area contributed by atoms with E-state index in [-0.39, 0.29) is 17.9 Å². The first-order valence-electron chi connectivity index (χ1n) is 10.7. The first-order valence-corrected chi connectivity index (χ1v) is 10.7. The number of carbonyl (C=O) groups is 2. The van der Waals surface area contributed by atoms with E-state index in [1.54, 1.807) is 36.2 Å². The van der Waals surface area contributed by atoms with Gasteiger partial charge in [-0.3, -0.25) is 20.4 Å². The average molecular weight is 474 g/mol. The summed E-state index contributed by atoms with van der Waals surface area (Å²) < 4.78 is 25.4. The van der Waals surface area contributed by atoms with Gasteiger partial charge in [0.25, 0.3) is 5.91 Å². The highest BCUT2D eigenvalue weighted by atomic mass is 19.1. The average Bonchev–Trinajstić information content (AvgIpc) is 3.34. The van der Waals surface area contributed by atoms with Gasteiger partial charge in [0.2, 0.25) is 5.91 Å². The first-order chi connectivity index (χ1) is 17.0. The normalized spacial score (nSPS) is 10.5. The molecule has 35 heavy (non-hydrogen) atoms. The minimum atomic E-state index is -0.600. The molecule has 8 nitrogen and oxygen atoms in total. The fraction of sp³-hybridized carbons (Fsp3) is 0.115. The Morgan fingerprint density at radius 2 is 1.63 bits per heavy atom. The predicted molar refractivity (Wildman–Crippen MR) is 128 cm³/mol. The Hall–Kier alpha value is -4.66. The van der Waals surface area contributed by atoms with Crippen LogP contribution in [0, 0.1) is 5.82 Å². The van der Waals surface area contributed by atoms with Crippen molar-refractivity contribution in [2.45, 2.75) is 6.42 Å². The van der Waals surface area contributed by atoms with E-state index in [9.17, 15) is 14.0 Å². The van der Waals surface area contributed by atoms with E-state index < -0.39 is 11.8 Å². The molecule has 0 saturated carbocycles. The highest BCUT2D eigenvalue weighted by Gasteiger charge is 2.21. The molecule has 0 unspecified atom stereocenters. The van der Waals surface area contributed by atoms with Gasteiger partial charge in [-0.2, -0.15) is 5.10 Å². The third-order valence-corrected chi connectivity index (χ3v) is 5.24. The number of rotatable bonds is 7. The number of carbonyl (C=O) groups excluding carboxylic acids is 2. The minimum Gasteiger partial charge on any atom is -0.493 e. The second kappa shape index (κ2) is 10.5. The lowest BCUT2D eigenvalue weighted by atomic mass is 10.1. The number of methoxy groups -OCH3 is 2. The second-order valence-electron chi connectivity index (χ2n) is 7.55. The van der Waals surface area contributed by atoms with Gasteiger partial charge in [-0.1, -0.05) is 36.4 Å². The van der Waals surface area contributed by atoms with Crippen molar-refractivity contribution < 1.29 is 23.5 Å². The molecule has 0 atom stereocenters. The maximum absolute atomic E-state index is 13.1. The van der Waals surface area contributed by atoms with Crippen LogP contribution < -0.4 is 20.3 Å². The Bertz CT molecular complexity index is 1340. The second-order valence-corrected chi connectivity index (χ2v) is 7.55. The molecule has 0 bridgehead atoms. The first kappa shape index (κ1) is 23.5. The fourth-order valence-electron chi connectivity index (χ4n) is 3.49. The molecule has 0 aliphatic heterocycles. The van der Waals surface area contributed by atoms with Crippen molar-refractivity contribution in [2.75, 3.05) is 14.2 Å². The Kier molecular flexibility index (Phi) is 7.06. The summed E-state index contributed by atoms with van der Waals surface area (Å²) in [7, 11) is 3.07. The van der Waals surface area contributed by atoms with E-state index in [4.69, 9.17) is 9.47 Å². The zero-order valence-corrected chi connectivity index (χ0v) is 19.1. The quantitative estimate of drug-likeness (QED) is 0.399. The molecule has 0 radical (unpaired) electrons. The van der Waals surface area contributed by atoms with Crippen molar-refractivity contribution >= 4 is 11.8 Å². The molecule has 4 aromatic rings. The summed E-state index contributed by atoms with van der Waals surface area (Å²) in [6.45, 7) is 0. The van der Waals surface area contributed by atoms with Gasteiger partial charge >= 0.3 is 0 Å². The summed E-state index contributed by atoms with van der Waals surface area (Å²) in [5.74, 6) is -0.404. The van der Waals surface area contributed by atoms with E-state index >= 15 is 0 Å². The fourth-order valence-corrected chi connectivity index (χ4v) is 3.49. The number of benzene rings is 3. The number of nitrogens with one attached hydrogen (secondary N) is 2. The largest absolute Gasteiger partial charge is 0.493 e. The molecular weight excluding hydrogens is 451 g/mol. The van der Waals surface area contributed by atoms with Crippen LogP contribution in [0.3, 0.4) is 0 Å². The smallest absolute Gasteiger partial charge is 0.290 e. The summed E-state index contributed by atoms with van der Waals surface area (Å²) in [6, 6.07) is 20.2. The lowest BCUT2D eigenvalue weighted by molar-refractivity contribution is -0.121. The Labute approximate surface area is 201 Å².